The van der Waals surface area contributed by atoms with Gasteiger partial charge in [0.1, 0.15) is 0 Å². The number of likely N-dealkylation sites (tertiary alicyclic amines) is 1. The van der Waals surface area contributed by atoms with E-state index in [4.69, 9.17) is 0 Å². The minimum Gasteiger partial charge on any atom is -0.356 e. The van der Waals surface area contributed by atoms with Gasteiger partial charge in [-0.15, -0.1) is 0 Å². The van der Waals surface area contributed by atoms with Crippen molar-refractivity contribution in [3.8, 4) is 0 Å². The van der Waals surface area contributed by atoms with Crippen LogP contribution in [0, 0.1) is 17.8 Å². The first kappa shape index (κ1) is 18.3. The first-order valence-corrected chi connectivity index (χ1v) is 10.9. The van der Waals surface area contributed by atoms with Crippen molar-refractivity contribution in [2.45, 2.75) is 76.8 Å². The third-order valence-electron chi connectivity index (χ3n) is 7.27. The zero-order valence-electron chi connectivity index (χ0n) is 16.3. The van der Waals surface area contributed by atoms with Gasteiger partial charge in [0.25, 0.3) is 0 Å². The summed E-state index contributed by atoms with van der Waals surface area (Å²) < 4.78 is 0. The summed E-state index contributed by atoms with van der Waals surface area (Å²) in [4.78, 5) is 29.3. The molecule has 1 saturated carbocycles. The molecule has 5 heteroatoms. The quantitative estimate of drug-likeness (QED) is 0.790. The predicted octanol–water partition coefficient (Wildman–Crippen LogP) is 2.40. The minimum atomic E-state index is 0.197. The summed E-state index contributed by atoms with van der Waals surface area (Å²) in [5, 5.41) is 3.08. The number of rotatable bonds is 6. The molecule has 26 heavy (non-hydrogen) atoms. The summed E-state index contributed by atoms with van der Waals surface area (Å²) in [6, 6.07) is 1.02. The summed E-state index contributed by atoms with van der Waals surface area (Å²) in [6.45, 7) is 6.02. The van der Waals surface area contributed by atoms with Crippen molar-refractivity contribution >= 4 is 11.8 Å². The molecule has 4 atom stereocenters. The number of carbonyl (C=O) groups is 2. The van der Waals surface area contributed by atoms with Crippen LogP contribution in [0.2, 0.25) is 0 Å². The molecule has 5 nitrogen and oxygen atoms in total. The highest BCUT2D eigenvalue weighted by atomic mass is 16.2. The van der Waals surface area contributed by atoms with Gasteiger partial charge in [0.05, 0.1) is 0 Å². The van der Waals surface area contributed by atoms with E-state index in [1.54, 1.807) is 6.92 Å². The Morgan fingerprint density at radius 3 is 2.58 bits per heavy atom. The average molecular weight is 362 g/mol. The Morgan fingerprint density at radius 1 is 1.08 bits per heavy atom. The van der Waals surface area contributed by atoms with Crippen LogP contribution in [0.1, 0.15) is 64.7 Å². The van der Waals surface area contributed by atoms with Crippen LogP contribution in [0.25, 0.3) is 0 Å². The van der Waals surface area contributed by atoms with Gasteiger partial charge in [-0.1, -0.05) is 0 Å². The van der Waals surface area contributed by atoms with E-state index in [0.29, 0.717) is 30.3 Å². The third kappa shape index (κ3) is 3.92. The molecule has 3 heterocycles. The Hall–Kier alpha value is -1.10. The number of amides is 2. The predicted molar refractivity (Wildman–Crippen MR) is 102 cm³/mol. The molecular weight excluding hydrogens is 326 g/mol. The summed E-state index contributed by atoms with van der Waals surface area (Å²) in [5.74, 6) is 2.44. The second-order valence-corrected chi connectivity index (χ2v) is 9.11. The Kier molecular flexibility index (Phi) is 5.53. The molecule has 2 amide bonds. The smallest absolute Gasteiger partial charge is 0.220 e. The number of nitrogens with one attached hydrogen (secondary N) is 1. The molecular formula is C21H35N3O2. The molecule has 0 aromatic carbocycles. The zero-order valence-corrected chi connectivity index (χ0v) is 16.3. The zero-order chi connectivity index (χ0) is 18.1. The maximum atomic E-state index is 12.4. The van der Waals surface area contributed by atoms with Gasteiger partial charge in [0, 0.05) is 38.5 Å². The molecule has 1 N–H and O–H groups in total. The minimum absolute atomic E-state index is 0.197. The SMILES string of the molecule is CC(=O)N1C[C@@H]2CCCN3CCC[C@@H]([C@H]23)[C@H]1CCCC(=O)NCC1CC1. The Morgan fingerprint density at radius 2 is 1.85 bits per heavy atom. The van der Waals surface area contributed by atoms with Crippen molar-refractivity contribution in [2.24, 2.45) is 17.8 Å². The highest BCUT2D eigenvalue weighted by Gasteiger charge is 2.48. The van der Waals surface area contributed by atoms with Crippen LogP contribution in [-0.2, 0) is 9.59 Å². The lowest BCUT2D eigenvalue weighted by Crippen LogP contribution is -2.65. The van der Waals surface area contributed by atoms with Crippen LogP contribution in [0.15, 0.2) is 0 Å². The van der Waals surface area contributed by atoms with E-state index in [0.717, 1.165) is 31.8 Å². The van der Waals surface area contributed by atoms with Crippen molar-refractivity contribution in [2.75, 3.05) is 26.2 Å². The van der Waals surface area contributed by atoms with E-state index in [2.05, 4.69) is 15.1 Å². The largest absolute Gasteiger partial charge is 0.356 e. The van der Waals surface area contributed by atoms with Crippen LogP contribution in [0.5, 0.6) is 0 Å². The molecule has 3 saturated heterocycles. The maximum absolute atomic E-state index is 12.4. The lowest BCUT2D eigenvalue weighted by Gasteiger charge is -2.57. The van der Waals surface area contributed by atoms with Gasteiger partial charge >= 0.3 is 0 Å². The van der Waals surface area contributed by atoms with Gasteiger partial charge in [-0.2, -0.15) is 0 Å². The first-order chi connectivity index (χ1) is 12.6. The Balaban J connectivity index is 1.36. The lowest BCUT2D eigenvalue weighted by atomic mass is 9.69. The molecule has 4 fully saturated rings. The molecule has 0 radical (unpaired) electrons. The van der Waals surface area contributed by atoms with Gasteiger partial charge in [-0.05, 0) is 82.2 Å². The average Bonchev–Trinajstić information content (AvgIpc) is 3.46. The fourth-order valence-corrected chi connectivity index (χ4v) is 5.87. The monoisotopic (exact) mass is 361 g/mol. The molecule has 4 aliphatic rings. The molecule has 0 unspecified atom stereocenters. The van der Waals surface area contributed by atoms with E-state index in [1.165, 1.54) is 51.6 Å². The van der Waals surface area contributed by atoms with Crippen LogP contribution in [0.3, 0.4) is 0 Å². The number of hydrogen-bond acceptors (Lipinski definition) is 3. The van der Waals surface area contributed by atoms with Crippen LogP contribution in [0.4, 0.5) is 0 Å². The number of hydrogen-bond donors (Lipinski definition) is 1. The normalized spacial score (nSPS) is 34.3. The van der Waals surface area contributed by atoms with Crippen molar-refractivity contribution in [3.63, 3.8) is 0 Å². The van der Waals surface area contributed by atoms with Crippen LogP contribution < -0.4 is 5.32 Å². The number of piperidine rings is 3. The standard InChI is InChI=1S/C21H35N3O2/c1-15(25)24-14-17-5-3-11-23-12-4-6-18(21(17)23)19(24)7-2-8-20(26)22-13-16-9-10-16/h16-19,21H,2-14H2,1H3,(H,22,26)/t17-,18+,19+,21-/m0/s1. The van der Waals surface area contributed by atoms with Gasteiger partial charge in [-0.3, -0.25) is 14.5 Å². The molecule has 1 aliphatic carbocycles. The van der Waals surface area contributed by atoms with E-state index >= 15 is 0 Å². The lowest BCUT2D eigenvalue weighted by molar-refractivity contribution is -0.144. The highest BCUT2D eigenvalue weighted by molar-refractivity contribution is 5.76. The molecule has 3 aliphatic heterocycles. The summed E-state index contributed by atoms with van der Waals surface area (Å²) in [6.07, 6.45) is 10.1. The van der Waals surface area contributed by atoms with Crippen LogP contribution >= 0.6 is 0 Å². The molecule has 0 aromatic rings. The molecule has 146 valence electrons. The second-order valence-electron chi connectivity index (χ2n) is 9.11. The van der Waals surface area contributed by atoms with E-state index in [9.17, 15) is 9.59 Å². The summed E-state index contributed by atoms with van der Waals surface area (Å²) >= 11 is 0. The maximum Gasteiger partial charge on any atom is 0.220 e. The van der Waals surface area contributed by atoms with Gasteiger partial charge < -0.3 is 10.2 Å². The summed E-state index contributed by atoms with van der Waals surface area (Å²) in [7, 11) is 0. The first-order valence-electron chi connectivity index (χ1n) is 10.9. The molecule has 0 aromatic heterocycles. The van der Waals surface area contributed by atoms with Gasteiger partial charge in [0.15, 0.2) is 0 Å². The van der Waals surface area contributed by atoms with Crippen molar-refractivity contribution in [3.05, 3.63) is 0 Å². The molecule has 0 spiro atoms. The highest BCUT2D eigenvalue weighted by Crippen LogP contribution is 2.43. The van der Waals surface area contributed by atoms with Crippen molar-refractivity contribution < 1.29 is 9.59 Å². The second kappa shape index (κ2) is 7.87. The third-order valence-corrected chi connectivity index (χ3v) is 7.27. The fraction of sp³-hybridized carbons (Fsp3) is 0.905. The Labute approximate surface area is 157 Å². The van der Waals surface area contributed by atoms with E-state index in [1.807, 2.05) is 0 Å². The van der Waals surface area contributed by atoms with Crippen molar-refractivity contribution in [1.29, 1.82) is 0 Å². The van der Waals surface area contributed by atoms with E-state index in [-0.39, 0.29) is 11.8 Å². The van der Waals surface area contributed by atoms with E-state index < -0.39 is 0 Å². The van der Waals surface area contributed by atoms with Gasteiger partial charge in [-0.25, -0.2) is 0 Å². The molecule has 0 bridgehead atoms. The topological polar surface area (TPSA) is 52.7 Å². The van der Waals surface area contributed by atoms with Gasteiger partial charge in [0.2, 0.25) is 11.8 Å². The summed E-state index contributed by atoms with van der Waals surface area (Å²) in [5.41, 5.74) is 0. The Bertz CT molecular complexity index is 531. The molecule has 4 rings (SSSR count). The number of nitrogens with zero attached hydrogens (tertiary/aromatic N) is 2. The van der Waals surface area contributed by atoms with Crippen molar-refractivity contribution in [1.82, 2.24) is 15.1 Å². The number of carbonyl (C=O) groups excluding carboxylic acids is 2. The fourth-order valence-electron chi connectivity index (χ4n) is 5.87. The van der Waals surface area contributed by atoms with Crippen LogP contribution in [-0.4, -0.2) is 59.9 Å².